The summed E-state index contributed by atoms with van der Waals surface area (Å²) < 4.78 is 5.76. The van der Waals surface area contributed by atoms with Crippen LogP contribution in [0.3, 0.4) is 0 Å². The van der Waals surface area contributed by atoms with Gasteiger partial charge in [0.05, 0.1) is 11.5 Å². The second kappa shape index (κ2) is 8.64. The van der Waals surface area contributed by atoms with Crippen LogP contribution in [0.15, 0.2) is 48.7 Å². The van der Waals surface area contributed by atoms with Crippen LogP contribution in [0.25, 0.3) is 10.4 Å². The van der Waals surface area contributed by atoms with E-state index in [1.165, 1.54) is 0 Å². The van der Waals surface area contributed by atoms with Crippen LogP contribution in [0, 0.1) is 12.8 Å². The van der Waals surface area contributed by atoms with Crippen molar-refractivity contribution in [3.63, 3.8) is 0 Å². The van der Waals surface area contributed by atoms with E-state index in [9.17, 15) is 4.79 Å². The van der Waals surface area contributed by atoms with Gasteiger partial charge in [-0.2, -0.15) is 0 Å². The van der Waals surface area contributed by atoms with Crippen molar-refractivity contribution in [2.24, 2.45) is 11.7 Å². The fourth-order valence-electron chi connectivity index (χ4n) is 2.46. The number of hydrogen-bond acceptors (Lipinski definition) is 6. The van der Waals surface area contributed by atoms with Gasteiger partial charge >= 0.3 is 0 Å². The Morgan fingerprint density at radius 2 is 2.07 bits per heavy atom. The zero-order valence-corrected chi connectivity index (χ0v) is 16.1. The Labute approximate surface area is 162 Å². The third kappa shape index (κ3) is 5.27. The van der Waals surface area contributed by atoms with Gasteiger partial charge < -0.3 is 15.8 Å². The molecule has 0 bridgehead atoms. The van der Waals surface area contributed by atoms with E-state index >= 15 is 0 Å². The Hall–Kier alpha value is -2.93. The summed E-state index contributed by atoms with van der Waals surface area (Å²) in [5.74, 6) is 0.838. The van der Waals surface area contributed by atoms with Gasteiger partial charge in [0.2, 0.25) is 5.91 Å². The number of benzene rings is 1. The number of pyridine rings is 1. The van der Waals surface area contributed by atoms with Crippen LogP contribution in [-0.4, -0.2) is 22.5 Å². The number of thiazole rings is 1. The van der Waals surface area contributed by atoms with Crippen molar-refractivity contribution >= 4 is 28.2 Å². The summed E-state index contributed by atoms with van der Waals surface area (Å²) in [6, 6.07) is 13.8. The molecule has 3 aromatic rings. The first kappa shape index (κ1) is 18.8. The predicted octanol–water partition coefficient (Wildman–Crippen LogP) is 4.15. The van der Waals surface area contributed by atoms with Crippen molar-refractivity contribution in [2.45, 2.75) is 20.3 Å². The van der Waals surface area contributed by atoms with Crippen molar-refractivity contribution in [1.82, 2.24) is 9.97 Å². The zero-order chi connectivity index (χ0) is 19.2. The number of anilines is 2. The van der Waals surface area contributed by atoms with Crippen LogP contribution < -0.4 is 15.8 Å². The molecule has 0 radical (unpaired) electrons. The lowest BCUT2D eigenvalue weighted by atomic mass is 10.1. The molecule has 0 spiro atoms. The molecular weight excluding hydrogens is 360 g/mol. The van der Waals surface area contributed by atoms with Crippen LogP contribution >= 0.6 is 11.3 Å². The molecule has 1 aromatic carbocycles. The van der Waals surface area contributed by atoms with E-state index in [-0.39, 0.29) is 11.8 Å². The molecule has 0 saturated heterocycles. The first-order valence-electron chi connectivity index (χ1n) is 8.70. The molecule has 6 nitrogen and oxygen atoms in total. The second-order valence-corrected chi connectivity index (χ2v) is 7.32. The molecule has 1 amide bonds. The van der Waals surface area contributed by atoms with E-state index in [0.29, 0.717) is 24.6 Å². The summed E-state index contributed by atoms with van der Waals surface area (Å²) >= 11 is 1.56. The molecule has 1 atom stereocenters. The van der Waals surface area contributed by atoms with Gasteiger partial charge in [-0.25, -0.2) is 9.97 Å². The van der Waals surface area contributed by atoms with Crippen LogP contribution in [0.1, 0.15) is 19.0 Å². The number of ether oxygens (including phenoxy) is 1. The summed E-state index contributed by atoms with van der Waals surface area (Å²) in [4.78, 5) is 21.1. The molecule has 1 unspecified atom stereocenters. The standard InChI is InChI=1S/C20H22N4O2S/c1-13(19(21)25)8-9-26-16-10-14(2)23-18(11-16)24-20-22-12-17(27-20)15-6-4-3-5-7-15/h3-7,10-13H,8-9H2,1-2H3,(H2,21,25)(H,22,23,24). The first-order chi connectivity index (χ1) is 13.0. The third-order valence-electron chi connectivity index (χ3n) is 4.03. The molecule has 2 heterocycles. The molecule has 0 aliphatic rings. The van der Waals surface area contributed by atoms with E-state index < -0.39 is 0 Å². The second-order valence-electron chi connectivity index (χ2n) is 6.29. The van der Waals surface area contributed by atoms with E-state index in [1.54, 1.807) is 18.3 Å². The van der Waals surface area contributed by atoms with Gasteiger partial charge in [-0.05, 0) is 18.9 Å². The maximum atomic E-state index is 11.1. The average molecular weight is 382 g/mol. The molecule has 27 heavy (non-hydrogen) atoms. The molecule has 0 saturated carbocycles. The quantitative estimate of drug-likeness (QED) is 0.611. The Morgan fingerprint density at radius 3 is 2.81 bits per heavy atom. The van der Waals surface area contributed by atoms with Gasteiger partial charge in [-0.1, -0.05) is 48.6 Å². The number of nitrogens with two attached hydrogens (primary N) is 1. The summed E-state index contributed by atoms with van der Waals surface area (Å²) in [6.07, 6.45) is 2.42. The van der Waals surface area contributed by atoms with Crippen molar-refractivity contribution in [3.05, 3.63) is 54.4 Å². The molecule has 7 heteroatoms. The lowest BCUT2D eigenvalue weighted by Gasteiger charge is -2.11. The monoisotopic (exact) mass is 382 g/mol. The fourth-order valence-corrected chi connectivity index (χ4v) is 3.29. The highest BCUT2D eigenvalue weighted by atomic mass is 32.1. The molecule has 0 aliphatic carbocycles. The minimum Gasteiger partial charge on any atom is -0.493 e. The molecule has 0 fully saturated rings. The number of nitrogens with zero attached hydrogens (tertiary/aromatic N) is 2. The van der Waals surface area contributed by atoms with Gasteiger partial charge in [0, 0.05) is 29.9 Å². The van der Waals surface area contributed by atoms with E-state index in [1.807, 2.05) is 43.5 Å². The van der Waals surface area contributed by atoms with E-state index in [4.69, 9.17) is 10.5 Å². The van der Waals surface area contributed by atoms with Crippen LogP contribution in [-0.2, 0) is 4.79 Å². The Bertz CT molecular complexity index is 911. The Balaban J connectivity index is 1.66. The first-order valence-corrected chi connectivity index (χ1v) is 9.52. The van der Waals surface area contributed by atoms with Crippen molar-refractivity contribution in [3.8, 4) is 16.2 Å². The van der Waals surface area contributed by atoms with Crippen molar-refractivity contribution < 1.29 is 9.53 Å². The summed E-state index contributed by atoms with van der Waals surface area (Å²) in [6.45, 7) is 4.12. The van der Waals surface area contributed by atoms with Gasteiger partial charge in [0.25, 0.3) is 0 Å². The molecular formula is C20H22N4O2S. The minimum atomic E-state index is -0.315. The van der Waals surface area contributed by atoms with Gasteiger partial charge in [0.1, 0.15) is 11.6 Å². The van der Waals surface area contributed by atoms with Gasteiger partial charge in [0.15, 0.2) is 5.13 Å². The van der Waals surface area contributed by atoms with Gasteiger partial charge in [-0.15, -0.1) is 0 Å². The highest BCUT2D eigenvalue weighted by molar-refractivity contribution is 7.18. The lowest BCUT2D eigenvalue weighted by molar-refractivity contribution is -0.121. The number of aromatic nitrogens is 2. The number of aryl methyl sites for hydroxylation is 1. The zero-order valence-electron chi connectivity index (χ0n) is 15.3. The normalized spacial score (nSPS) is 11.8. The topological polar surface area (TPSA) is 90.1 Å². The smallest absolute Gasteiger partial charge is 0.220 e. The maximum absolute atomic E-state index is 11.1. The molecule has 0 aliphatic heterocycles. The van der Waals surface area contributed by atoms with Gasteiger partial charge in [-0.3, -0.25) is 4.79 Å². The predicted molar refractivity (Wildman–Crippen MR) is 108 cm³/mol. The number of amides is 1. The van der Waals surface area contributed by atoms with E-state index in [2.05, 4.69) is 27.4 Å². The number of rotatable bonds is 8. The maximum Gasteiger partial charge on any atom is 0.220 e. The minimum absolute atomic E-state index is 0.211. The molecule has 2 aromatic heterocycles. The Kier molecular flexibility index (Phi) is 6.03. The summed E-state index contributed by atoms with van der Waals surface area (Å²) in [5.41, 5.74) is 7.24. The van der Waals surface area contributed by atoms with Crippen molar-refractivity contribution in [2.75, 3.05) is 11.9 Å². The summed E-state index contributed by atoms with van der Waals surface area (Å²) in [5, 5.41) is 4.00. The fraction of sp³-hybridized carbons (Fsp3) is 0.250. The van der Waals surface area contributed by atoms with Crippen LogP contribution in [0.5, 0.6) is 5.75 Å². The number of hydrogen-bond donors (Lipinski definition) is 2. The van der Waals surface area contributed by atoms with E-state index in [0.717, 1.165) is 21.3 Å². The van der Waals surface area contributed by atoms with Crippen LogP contribution in [0.2, 0.25) is 0 Å². The number of nitrogens with one attached hydrogen (secondary N) is 1. The lowest BCUT2D eigenvalue weighted by Crippen LogP contribution is -2.22. The average Bonchev–Trinajstić information content (AvgIpc) is 3.10. The summed E-state index contributed by atoms with van der Waals surface area (Å²) in [7, 11) is 0. The molecule has 3 N–H and O–H groups in total. The molecule has 140 valence electrons. The molecule has 3 rings (SSSR count). The number of carbonyl (C=O) groups is 1. The highest BCUT2D eigenvalue weighted by Crippen LogP contribution is 2.30. The van der Waals surface area contributed by atoms with Crippen LogP contribution in [0.4, 0.5) is 10.9 Å². The number of carbonyl (C=O) groups excluding carboxylic acids is 1. The number of primary amides is 1. The Morgan fingerprint density at radius 1 is 1.30 bits per heavy atom. The third-order valence-corrected chi connectivity index (χ3v) is 4.99. The largest absolute Gasteiger partial charge is 0.493 e. The highest BCUT2D eigenvalue weighted by Gasteiger charge is 2.10. The van der Waals surface area contributed by atoms with Crippen molar-refractivity contribution in [1.29, 1.82) is 0 Å². The SMILES string of the molecule is Cc1cc(OCCC(C)C(N)=O)cc(Nc2ncc(-c3ccccc3)s2)n1.